The van der Waals surface area contributed by atoms with Gasteiger partial charge in [-0.25, -0.2) is 8.42 Å². The van der Waals surface area contributed by atoms with E-state index < -0.39 is 27.0 Å². The minimum Gasteiger partial charge on any atom is -0.481 e. The third-order valence-electron chi connectivity index (χ3n) is 2.96. The average Bonchev–Trinajstić information content (AvgIpc) is 2.15. The van der Waals surface area contributed by atoms with Gasteiger partial charge in [0.15, 0.2) is 0 Å². The first kappa shape index (κ1) is 12.4. The zero-order chi connectivity index (χ0) is 11.6. The molecule has 1 rings (SSSR count). The van der Waals surface area contributed by atoms with Crippen LogP contribution < -0.4 is 0 Å². The number of carbonyl (C=O) groups is 1. The number of ether oxygens (including phenoxy) is 1. The van der Waals surface area contributed by atoms with E-state index >= 15 is 0 Å². The number of hydrogen-bond acceptors (Lipinski definition) is 4. The van der Waals surface area contributed by atoms with E-state index in [1.807, 2.05) is 0 Å². The lowest BCUT2D eigenvalue weighted by atomic mass is 9.86. The Morgan fingerprint density at radius 3 is 2.40 bits per heavy atom. The third-order valence-corrected chi connectivity index (χ3v) is 4.60. The summed E-state index contributed by atoms with van der Waals surface area (Å²) in [4.78, 5) is 10.9. The van der Waals surface area contributed by atoms with Crippen molar-refractivity contribution in [3.63, 3.8) is 0 Å². The quantitative estimate of drug-likeness (QED) is 0.762. The predicted octanol–water partition coefficient (Wildman–Crippen LogP) is 0.299. The molecule has 0 saturated heterocycles. The molecule has 1 fully saturated rings. The third kappa shape index (κ3) is 2.92. The van der Waals surface area contributed by atoms with Gasteiger partial charge in [-0.2, -0.15) is 0 Å². The summed E-state index contributed by atoms with van der Waals surface area (Å²) in [5.41, 5.74) is 0. The number of rotatable bonds is 3. The molecule has 0 radical (unpaired) electrons. The molecule has 0 aromatic heterocycles. The summed E-state index contributed by atoms with van der Waals surface area (Å²) >= 11 is 0. The van der Waals surface area contributed by atoms with Crippen molar-refractivity contribution in [1.29, 1.82) is 0 Å². The number of hydrogen-bond donors (Lipinski definition) is 1. The van der Waals surface area contributed by atoms with Crippen molar-refractivity contribution in [2.75, 3.05) is 13.4 Å². The Kier molecular flexibility index (Phi) is 3.72. The maximum atomic E-state index is 11.3. The molecule has 0 amide bonds. The van der Waals surface area contributed by atoms with Gasteiger partial charge in [0.05, 0.1) is 17.3 Å². The van der Waals surface area contributed by atoms with Crippen molar-refractivity contribution in [2.24, 2.45) is 5.92 Å². The first-order valence-corrected chi connectivity index (χ1v) is 6.76. The van der Waals surface area contributed by atoms with Crippen LogP contribution in [0.25, 0.3) is 0 Å². The van der Waals surface area contributed by atoms with Crippen LogP contribution in [0, 0.1) is 5.92 Å². The molecule has 6 heteroatoms. The van der Waals surface area contributed by atoms with E-state index in [9.17, 15) is 13.2 Å². The van der Waals surface area contributed by atoms with E-state index in [1.165, 1.54) is 7.11 Å². The van der Waals surface area contributed by atoms with Crippen LogP contribution in [0.1, 0.15) is 19.3 Å². The van der Waals surface area contributed by atoms with Crippen LogP contribution in [0.4, 0.5) is 0 Å². The van der Waals surface area contributed by atoms with E-state index in [0.717, 1.165) is 6.26 Å². The van der Waals surface area contributed by atoms with E-state index in [2.05, 4.69) is 0 Å². The Labute approximate surface area is 89.3 Å². The predicted molar refractivity (Wildman–Crippen MR) is 54.4 cm³/mol. The van der Waals surface area contributed by atoms with E-state index in [-0.39, 0.29) is 12.5 Å². The lowest BCUT2D eigenvalue weighted by Crippen LogP contribution is -2.40. The van der Waals surface area contributed by atoms with Crippen LogP contribution in [0.15, 0.2) is 0 Å². The van der Waals surface area contributed by atoms with Crippen molar-refractivity contribution < 1.29 is 23.1 Å². The Hall–Kier alpha value is -0.620. The molecule has 1 aliphatic rings. The Morgan fingerprint density at radius 1 is 1.40 bits per heavy atom. The van der Waals surface area contributed by atoms with Crippen LogP contribution in [0.3, 0.4) is 0 Å². The van der Waals surface area contributed by atoms with E-state index in [1.54, 1.807) is 0 Å². The summed E-state index contributed by atoms with van der Waals surface area (Å²) in [6, 6.07) is 0. The van der Waals surface area contributed by atoms with Gasteiger partial charge in [-0.15, -0.1) is 0 Å². The molecule has 0 bridgehead atoms. The van der Waals surface area contributed by atoms with Crippen molar-refractivity contribution in [3.05, 3.63) is 0 Å². The first-order valence-electron chi connectivity index (χ1n) is 4.80. The average molecular weight is 236 g/mol. The van der Waals surface area contributed by atoms with Crippen LogP contribution in [0.2, 0.25) is 0 Å². The summed E-state index contributed by atoms with van der Waals surface area (Å²) in [6.45, 7) is 0. The molecule has 0 aromatic rings. The molecule has 0 aliphatic heterocycles. The molecule has 88 valence electrons. The van der Waals surface area contributed by atoms with Gasteiger partial charge < -0.3 is 9.84 Å². The van der Waals surface area contributed by atoms with Gasteiger partial charge in [0.2, 0.25) is 0 Å². The van der Waals surface area contributed by atoms with Gasteiger partial charge in [0.1, 0.15) is 9.84 Å². The zero-order valence-corrected chi connectivity index (χ0v) is 9.66. The van der Waals surface area contributed by atoms with Crippen LogP contribution >= 0.6 is 0 Å². The standard InChI is InChI=1S/C9H16O5S/c1-14-8-4-3-6(15(2,12)13)5-7(8)9(10)11/h6-8H,3-5H2,1-2H3,(H,10,11). The Morgan fingerprint density at radius 2 is 2.00 bits per heavy atom. The van der Waals surface area contributed by atoms with E-state index in [4.69, 9.17) is 9.84 Å². The van der Waals surface area contributed by atoms with Crippen LogP contribution in [-0.2, 0) is 19.4 Å². The van der Waals surface area contributed by atoms with Gasteiger partial charge in [-0.05, 0) is 19.3 Å². The van der Waals surface area contributed by atoms with Gasteiger partial charge in [-0.3, -0.25) is 4.79 Å². The van der Waals surface area contributed by atoms with Gasteiger partial charge >= 0.3 is 5.97 Å². The monoisotopic (exact) mass is 236 g/mol. The molecule has 3 unspecified atom stereocenters. The largest absolute Gasteiger partial charge is 0.481 e. The highest BCUT2D eigenvalue weighted by molar-refractivity contribution is 7.91. The summed E-state index contributed by atoms with van der Waals surface area (Å²) in [5.74, 6) is -1.68. The maximum absolute atomic E-state index is 11.3. The number of carboxylic acid groups (broad SMARTS) is 1. The minimum atomic E-state index is -3.14. The summed E-state index contributed by atoms with van der Waals surface area (Å²) in [6.07, 6.45) is 1.93. The Balaban J connectivity index is 2.79. The van der Waals surface area contributed by atoms with E-state index in [0.29, 0.717) is 12.8 Å². The van der Waals surface area contributed by atoms with Gasteiger partial charge in [0, 0.05) is 13.4 Å². The number of aliphatic carboxylic acids is 1. The smallest absolute Gasteiger partial charge is 0.309 e. The fourth-order valence-electron chi connectivity index (χ4n) is 2.04. The second-order valence-electron chi connectivity index (χ2n) is 3.98. The maximum Gasteiger partial charge on any atom is 0.309 e. The zero-order valence-electron chi connectivity index (χ0n) is 8.84. The molecule has 1 N–H and O–H groups in total. The molecular formula is C9H16O5S. The molecule has 1 aliphatic carbocycles. The lowest BCUT2D eigenvalue weighted by molar-refractivity contribution is -0.148. The Bertz CT molecular complexity index is 334. The molecular weight excluding hydrogens is 220 g/mol. The fourth-order valence-corrected chi connectivity index (χ4v) is 3.16. The molecule has 0 aromatic carbocycles. The SMILES string of the molecule is COC1CCC(S(C)(=O)=O)CC1C(=O)O. The highest BCUT2D eigenvalue weighted by Gasteiger charge is 2.38. The number of sulfone groups is 1. The van der Waals surface area contributed by atoms with Crippen LogP contribution in [0.5, 0.6) is 0 Å². The van der Waals surface area contributed by atoms with Gasteiger partial charge in [-0.1, -0.05) is 0 Å². The highest BCUT2D eigenvalue weighted by Crippen LogP contribution is 2.30. The molecule has 1 saturated carbocycles. The minimum absolute atomic E-state index is 0.159. The fraction of sp³-hybridized carbons (Fsp3) is 0.889. The topological polar surface area (TPSA) is 80.7 Å². The molecule has 5 nitrogen and oxygen atoms in total. The number of carboxylic acids is 1. The molecule has 3 atom stereocenters. The molecule has 0 heterocycles. The summed E-state index contributed by atoms with van der Waals surface area (Å²) < 4.78 is 27.7. The van der Waals surface area contributed by atoms with Crippen LogP contribution in [-0.4, -0.2) is 44.2 Å². The lowest BCUT2D eigenvalue weighted by Gasteiger charge is -2.31. The second kappa shape index (κ2) is 4.49. The van der Waals surface area contributed by atoms with Crippen molar-refractivity contribution in [3.8, 4) is 0 Å². The summed E-state index contributed by atoms with van der Waals surface area (Å²) in [5, 5.41) is 8.41. The summed E-state index contributed by atoms with van der Waals surface area (Å²) in [7, 11) is -1.68. The normalized spacial score (nSPS) is 32.5. The van der Waals surface area contributed by atoms with Crippen molar-refractivity contribution in [2.45, 2.75) is 30.6 Å². The first-order chi connectivity index (χ1) is 6.86. The van der Waals surface area contributed by atoms with Crippen molar-refractivity contribution in [1.82, 2.24) is 0 Å². The molecule has 15 heavy (non-hydrogen) atoms. The van der Waals surface area contributed by atoms with Crippen molar-refractivity contribution >= 4 is 15.8 Å². The van der Waals surface area contributed by atoms with Gasteiger partial charge in [0.25, 0.3) is 0 Å². The molecule has 0 spiro atoms. The second-order valence-corrected chi connectivity index (χ2v) is 6.31. The number of methoxy groups -OCH3 is 1. The highest BCUT2D eigenvalue weighted by atomic mass is 32.2.